The molecule has 8 nitrogen and oxygen atoms in total. The molecule has 1 heterocycles. The molecule has 3 rings (SSSR count). The van der Waals surface area contributed by atoms with E-state index in [0.717, 1.165) is 11.6 Å². The number of ether oxygens (including phenoxy) is 2. The number of halogens is 3. The Kier molecular flexibility index (Phi) is 5.88. The molecule has 170 valence electrons. The molecular weight excluding hydrogens is 465 g/mol. The van der Waals surface area contributed by atoms with Gasteiger partial charge in [-0.15, -0.1) is 0 Å². The van der Waals surface area contributed by atoms with Crippen LogP contribution < -0.4 is 13.7 Å². The Balaban J connectivity index is 1.81. The monoisotopic (exact) mass is 482 g/mol. The summed E-state index contributed by atoms with van der Waals surface area (Å²) in [6.07, 6.45) is 0. The van der Waals surface area contributed by atoms with Crippen LogP contribution in [-0.4, -0.2) is 41.2 Å². The third-order valence-corrected chi connectivity index (χ3v) is 6.38. The van der Waals surface area contributed by atoms with E-state index < -0.39 is 49.5 Å². The summed E-state index contributed by atoms with van der Waals surface area (Å²) in [7, 11) is -10.1. The maximum atomic E-state index is 12.7. The van der Waals surface area contributed by atoms with Crippen LogP contribution in [0.5, 0.6) is 17.2 Å². The van der Waals surface area contributed by atoms with E-state index >= 15 is 0 Å². The van der Waals surface area contributed by atoms with Crippen molar-refractivity contribution >= 4 is 20.2 Å². The van der Waals surface area contributed by atoms with Crippen molar-refractivity contribution in [1.29, 1.82) is 0 Å². The van der Waals surface area contributed by atoms with Crippen LogP contribution in [-0.2, 0) is 24.4 Å². The fourth-order valence-corrected chi connectivity index (χ4v) is 3.97. The minimum absolute atomic E-state index is 0.0752. The van der Waals surface area contributed by atoms with Crippen LogP contribution in [0.25, 0.3) is 0 Å². The highest BCUT2D eigenvalue weighted by atomic mass is 32.2. The lowest BCUT2D eigenvalue weighted by Crippen LogP contribution is -2.46. The van der Waals surface area contributed by atoms with Crippen LogP contribution in [0.15, 0.2) is 47.4 Å². The SMILES string of the molecule is Cc1ccc(S(=O)(=O)OC[C@@]2(C)COc3cccc(OS(=O)(=O)C(F)(F)F)c3O2)cc1. The van der Waals surface area contributed by atoms with E-state index in [-0.39, 0.29) is 17.3 Å². The standard InChI is InChI=1S/C18H17F3O8S2/c1-12-6-8-13(9-7-12)30(22,23)27-11-17(2)10-26-14-4-3-5-15(16(14)28-17)29-31(24,25)18(19,20)21/h3-9H,10-11H2,1-2H3/t17-/m1/s1. The van der Waals surface area contributed by atoms with Crippen molar-refractivity contribution in [1.82, 2.24) is 0 Å². The zero-order chi connectivity index (χ0) is 23.1. The van der Waals surface area contributed by atoms with Crippen molar-refractivity contribution in [2.24, 2.45) is 0 Å². The summed E-state index contributed by atoms with van der Waals surface area (Å²) in [6.45, 7) is 2.37. The van der Waals surface area contributed by atoms with Gasteiger partial charge >= 0.3 is 15.6 Å². The molecule has 31 heavy (non-hydrogen) atoms. The molecule has 0 radical (unpaired) electrons. The van der Waals surface area contributed by atoms with Crippen molar-refractivity contribution in [2.45, 2.75) is 29.9 Å². The first kappa shape index (κ1) is 23.2. The molecule has 0 bridgehead atoms. The van der Waals surface area contributed by atoms with Crippen LogP contribution in [0.3, 0.4) is 0 Å². The second-order valence-corrected chi connectivity index (χ2v) is 10.1. The first-order chi connectivity index (χ1) is 14.2. The zero-order valence-corrected chi connectivity index (χ0v) is 17.8. The molecule has 13 heteroatoms. The summed E-state index contributed by atoms with van der Waals surface area (Å²) in [5.74, 6) is -1.27. The van der Waals surface area contributed by atoms with E-state index in [1.165, 1.54) is 31.2 Å². The van der Waals surface area contributed by atoms with Gasteiger partial charge in [0.1, 0.15) is 13.2 Å². The summed E-state index contributed by atoms with van der Waals surface area (Å²) >= 11 is 0. The first-order valence-corrected chi connectivity index (χ1v) is 11.5. The van der Waals surface area contributed by atoms with Gasteiger partial charge in [-0.2, -0.15) is 30.0 Å². The van der Waals surface area contributed by atoms with E-state index in [4.69, 9.17) is 13.7 Å². The molecule has 0 saturated carbocycles. The number of hydrogen-bond donors (Lipinski definition) is 0. The number of rotatable bonds is 6. The van der Waals surface area contributed by atoms with E-state index in [1.807, 2.05) is 0 Å². The fraction of sp³-hybridized carbons (Fsp3) is 0.333. The molecule has 0 N–H and O–H groups in total. The molecule has 1 aliphatic heterocycles. The Labute approximate surface area is 176 Å². The summed E-state index contributed by atoms with van der Waals surface area (Å²) in [4.78, 5) is -0.0980. The van der Waals surface area contributed by atoms with Crippen LogP contribution >= 0.6 is 0 Å². The maximum Gasteiger partial charge on any atom is 0.534 e. The van der Waals surface area contributed by atoms with Crippen molar-refractivity contribution in [3.63, 3.8) is 0 Å². The Morgan fingerprint density at radius 3 is 2.32 bits per heavy atom. The van der Waals surface area contributed by atoms with Crippen LogP contribution in [0, 0.1) is 6.92 Å². The highest BCUT2D eigenvalue weighted by molar-refractivity contribution is 7.88. The van der Waals surface area contributed by atoms with Gasteiger partial charge in [0, 0.05) is 0 Å². The van der Waals surface area contributed by atoms with E-state index in [2.05, 4.69) is 4.18 Å². The van der Waals surface area contributed by atoms with Crippen molar-refractivity contribution in [2.75, 3.05) is 13.2 Å². The average Bonchev–Trinajstić information content (AvgIpc) is 2.66. The number of hydrogen-bond acceptors (Lipinski definition) is 8. The molecule has 0 amide bonds. The van der Waals surface area contributed by atoms with Crippen molar-refractivity contribution in [3.8, 4) is 17.2 Å². The summed E-state index contributed by atoms with van der Waals surface area (Å²) in [6, 6.07) is 9.36. The molecule has 2 aromatic rings. The largest absolute Gasteiger partial charge is 0.534 e. The Hall–Kier alpha value is -2.51. The lowest BCUT2D eigenvalue weighted by molar-refractivity contribution is -0.0507. The molecule has 1 aliphatic rings. The molecular formula is C18H17F3O8S2. The van der Waals surface area contributed by atoms with Gasteiger partial charge in [-0.25, -0.2) is 0 Å². The molecule has 1 atom stereocenters. The fourth-order valence-electron chi connectivity index (χ4n) is 2.49. The average molecular weight is 482 g/mol. The third-order valence-electron chi connectivity index (χ3n) is 4.14. The van der Waals surface area contributed by atoms with Crippen molar-refractivity contribution in [3.05, 3.63) is 48.0 Å². The second-order valence-electron chi connectivity index (χ2n) is 6.94. The molecule has 0 spiro atoms. The Morgan fingerprint density at radius 1 is 1.06 bits per heavy atom. The van der Waals surface area contributed by atoms with Crippen molar-refractivity contribution < 1.29 is 47.8 Å². The zero-order valence-electron chi connectivity index (χ0n) is 16.2. The van der Waals surface area contributed by atoms with E-state index in [0.29, 0.717) is 0 Å². The number of fused-ring (bicyclic) bond motifs is 1. The minimum atomic E-state index is -5.96. The summed E-state index contributed by atoms with van der Waals surface area (Å²) in [5.41, 5.74) is -6.29. The van der Waals surface area contributed by atoms with Gasteiger partial charge in [-0.3, -0.25) is 4.18 Å². The second kappa shape index (κ2) is 7.88. The molecule has 0 fully saturated rings. The third kappa shape index (κ3) is 5.05. The minimum Gasteiger partial charge on any atom is -0.485 e. The Morgan fingerprint density at radius 2 is 1.71 bits per heavy atom. The van der Waals surface area contributed by atoms with Gasteiger partial charge in [0.2, 0.25) is 5.75 Å². The highest BCUT2D eigenvalue weighted by Gasteiger charge is 2.49. The predicted molar refractivity (Wildman–Crippen MR) is 101 cm³/mol. The number of benzene rings is 2. The van der Waals surface area contributed by atoms with Gasteiger partial charge in [0.25, 0.3) is 10.1 Å². The van der Waals surface area contributed by atoms with Crippen LogP contribution in [0.2, 0.25) is 0 Å². The predicted octanol–water partition coefficient (Wildman–Crippen LogP) is 3.16. The van der Waals surface area contributed by atoms with Gasteiger partial charge in [0.05, 0.1) is 4.90 Å². The van der Waals surface area contributed by atoms with Gasteiger partial charge in [0.15, 0.2) is 17.1 Å². The molecule has 0 aromatic heterocycles. The van der Waals surface area contributed by atoms with Gasteiger partial charge in [-0.05, 0) is 38.1 Å². The Bertz CT molecular complexity index is 1180. The van der Waals surface area contributed by atoms with Crippen LogP contribution in [0.1, 0.15) is 12.5 Å². The molecule has 0 unspecified atom stereocenters. The topological polar surface area (TPSA) is 105 Å². The smallest absolute Gasteiger partial charge is 0.485 e. The molecule has 2 aromatic carbocycles. The number of alkyl halides is 3. The van der Waals surface area contributed by atoms with Crippen LogP contribution in [0.4, 0.5) is 13.2 Å². The maximum absolute atomic E-state index is 12.7. The lowest BCUT2D eigenvalue weighted by Gasteiger charge is -2.35. The quantitative estimate of drug-likeness (QED) is 0.457. The highest BCUT2D eigenvalue weighted by Crippen LogP contribution is 2.44. The summed E-state index contributed by atoms with van der Waals surface area (Å²) in [5, 5.41) is 0. The molecule has 0 saturated heterocycles. The van der Waals surface area contributed by atoms with Gasteiger partial charge < -0.3 is 13.7 Å². The number of para-hydroxylation sites is 1. The van der Waals surface area contributed by atoms with Gasteiger partial charge in [-0.1, -0.05) is 23.8 Å². The lowest BCUT2D eigenvalue weighted by atomic mass is 10.1. The summed E-state index contributed by atoms with van der Waals surface area (Å²) < 4.78 is 106. The van der Waals surface area contributed by atoms with E-state index in [9.17, 15) is 30.0 Å². The normalized spacial score (nSPS) is 19.1. The molecule has 0 aliphatic carbocycles. The first-order valence-electron chi connectivity index (χ1n) is 8.64. The van der Waals surface area contributed by atoms with E-state index in [1.54, 1.807) is 19.1 Å². The number of aryl methyl sites for hydroxylation is 1.